The maximum absolute atomic E-state index is 11.8. The summed E-state index contributed by atoms with van der Waals surface area (Å²) < 4.78 is 5.03. The first-order valence-electron chi connectivity index (χ1n) is 7.35. The summed E-state index contributed by atoms with van der Waals surface area (Å²) >= 11 is 0. The molecule has 0 saturated heterocycles. The third kappa shape index (κ3) is 3.36. The van der Waals surface area contributed by atoms with E-state index >= 15 is 0 Å². The van der Waals surface area contributed by atoms with Crippen LogP contribution in [0, 0.1) is 11.8 Å². The van der Waals surface area contributed by atoms with E-state index in [4.69, 9.17) is 4.42 Å². The molecular weight excluding hydrogens is 280 g/mol. The van der Waals surface area contributed by atoms with E-state index in [0.717, 1.165) is 12.0 Å². The Labute approximate surface area is 128 Å². The van der Waals surface area contributed by atoms with Crippen LogP contribution in [0.5, 0.6) is 0 Å². The Bertz CT molecular complexity index is 662. The lowest BCUT2D eigenvalue weighted by Gasteiger charge is -2.07. The number of furan rings is 1. The highest BCUT2D eigenvalue weighted by molar-refractivity contribution is 6.02. The molecule has 114 valence electrons. The summed E-state index contributed by atoms with van der Waals surface area (Å²) in [5, 5.41) is 5.68. The largest absolute Gasteiger partial charge is 0.459 e. The fourth-order valence-corrected chi connectivity index (χ4v) is 2.31. The van der Waals surface area contributed by atoms with Gasteiger partial charge < -0.3 is 15.1 Å². The first kappa shape index (κ1) is 14.4. The minimum Gasteiger partial charge on any atom is -0.459 e. The molecule has 3 rings (SSSR count). The van der Waals surface area contributed by atoms with Gasteiger partial charge in [-0.25, -0.2) is 0 Å². The van der Waals surface area contributed by atoms with Crippen molar-refractivity contribution in [2.45, 2.75) is 19.9 Å². The second-order valence-corrected chi connectivity index (χ2v) is 5.67. The molecule has 1 heterocycles. The minimum atomic E-state index is -0.284. The molecular formula is C17H18N2O3. The van der Waals surface area contributed by atoms with Crippen LogP contribution in [0.1, 0.15) is 29.5 Å². The molecule has 0 aliphatic heterocycles. The molecule has 0 unspecified atom stereocenters. The molecule has 2 amide bonds. The summed E-state index contributed by atoms with van der Waals surface area (Å²) in [5.74, 6) is 0.817. The summed E-state index contributed by atoms with van der Waals surface area (Å²) in [5.41, 5.74) is 1.69. The minimum absolute atomic E-state index is 0.127. The van der Waals surface area contributed by atoms with Crippen molar-refractivity contribution in [1.29, 1.82) is 0 Å². The zero-order valence-electron chi connectivity index (χ0n) is 12.3. The SMILES string of the molecule is C[C@H]1C[C@H]1C(=O)NCc1ccc(NC(=O)c2ccco2)cc1. The molecule has 1 aromatic heterocycles. The number of anilines is 1. The van der Waals surface area contributed by atoms with E-state index in [1.807, 2.05) is 24.3 Å². The lowest BCUT2D eigenvalue weighted by molar-refractivity contribution is -0.122. The molecule has 5 heteroatoms. The van der Waals surface area contributed by atoms with Crippen LogP contribution in [0.2, 0.25) is 0 Å². The Hall–Kier alpha value is -2.56. The summed E-state index contributed by atoms with van der Waals surface area (Å²) in [6, 6.07) is 10.7. The Kier molecular flexibility index (Phi) is 3.96. The molecule has 0 bridgehead atoms. The smallest absolute Gasteiger partial charge is 0.291 e. The number of rotatable bonds is 5. The zero-order chi connectivity index (χ0) is 15.5. The summed E-state index contributed by atoms with van der Waals surface area (Å²) in [6.45, 7) is 2.59. The number of carbonyl (C=O) groups excluding carboxylic acids is 2. The van der Waals surface area contributed by atoms with Crippen LogP contribution < -0.4 is 10.6 Å². The highest BCUT2D eigenvalue weighted by atomic mass is 16.3. The van der Waals surface area contributed by atoms with Gasteiger partial charge >= 0.3 is 0 Å². The van der Waals surface area contributed by atoms with E-state index < -0.39 is 0 Å². The monoisotopic (exact) mass is 298 g/mol. The van der Waals surface area contributed by atoms with Crippen LogP contribution in [0.25, 0.3) is 0 Å². The third-order valence-electron chi connectivity index (χ3n) is 3.87. The van der Waals surface area contributed by atoms with Crippen LogP contribution in [-0.2, 0) is 11.3 Å². The maximum atomic E-state index is 11.8. The molecule has 5 nitrogen and oxygen atoms in total. The molecule has 0 radical (unpaired) electrons. The Balaban J connectivity index is 1.51. The number of hydrogen-bond donors (Lipinski definition) is 2. The van der Waals surface area contributed by atoms with E-state index in [0.29, 0.717) is 18.2 Å². The van der Waals surface area contributed by atoms with Gasteiger partial charge in [0.1, 0.15) is 0 Å². The number of amides is 2. The van der Waals surface area contributed by atoms with E-state index in [-0.39, 0.29) is 23.5 Å². The van der Waals surface area contributed by atoms with Crippen molar-refractivity contribution in [3.63, 3.8) is 0 Å². The molecule has 1 aliphatic carbocycles. The van der Waals surface area contributed by atoms with Crippen molar-refractivity contribution in [1.82, 2.24) is 5.32 Å². The van der Waals surface area contributed by atoms with Gasteiger partial charge in [-0.15, -0.1) is 0 Å². The van der Waals surface area contributed by atoms with E-state index in [9.17, 15) is 9.59 Å². The van der Waals surface area contributed by atoms with E-state index in [1.165, 1.54) is 6.26 Å². The van der Waals surface area contributed by atoms with Gasteiger partial charge in [0, 0.05) is 18.2 Å². The van der Waals surface area contributed by atoms with Gasteiger partial charge in [-0.2, -0.15) is 0 Å². The van der Waals surface area contributed by atoms with Crippen LogP contribution in [0.15, 0.2) is 47.1 Å². The molecule has 2 atom stereocenters. The fourth-order valence-electron chi connectivity index (χ4n) is 2.31. The average Bonchev–Trinajstić information content (AvgIpc) is 3.03. The standard InChI is InChI=1S/C17H18N2O3/c1-11-9-14(11)16(20)18-10-12-4-6-13(7-5-12)19-17(21)15-3-2-8-22-15/h2-8,11,14H,9-10H2,1H3,(H,18,20)(H,19,21)/t11-,14+/m0/s1. The second kappa shape index (κ2) is 6.05. The number of benzene rings is 1. The van der Waals surface area contributed by atoms with Gasteiger partial charge in [-0.3, -0.25) is 9.59 Å². The highest BCUT2D eigenvalue weighted by Crippen LogP contribution is 2.37. The Morgan fingerprint density at radius 1 is 1.23 bits per heavy atom. The first-order valence-corrected chi connectivity index (χ1v) is 7.35. The average molecular weight is 298 g/mol. The fraction of sp³-hybridized carbons (Fsp3) is 0.294. The van der Waals surface area contributed by atoms with Crippen LogP contribution >= 0.6 is 0 Å². The van der Waals surface area contributed by atoms with Gasteiger partial charge in [0.2, 0.25) is 5.91 Å². The van der Waals surface area contributed by atoms with Crippen LogP contribution in [-0.4, -0.2) is 11.8 Å². The molecule has 2 aromatic rings. The number of hydrogen-bond acceptors (Lipinski definition) is 3. The van der Waals surface area contributed by atoms with Crippen molar-refractivity contribution in [3.05, 3.63) is 54.0 Å². The van der Waals surface area contributed by atoms with Crippen molar-refractivity contribution in [2.24, 2.45) is 11.8 Å². The summed E-state index contributed by atoms with van der Waals surface area (Å²) in [4.78, 5) is 23.6. The predicted octanol–water partition coefficient (Wildman–Crippen LogP) is 2.80. The molecule has 22 heavy (non-hydrogen) atoms. The second-order valence-electron chi connectivity index (χ2n) is 5.67. The topological polar surface area (TPSA) is 71.3 Å². The molecule has 1 fully saturated rings. The van der Waals surface area contributed by atoms with Gasteiger partial charge in [0.05, 0.1) is 6.26 Å². The normalized spacial score (nSPS) is 19.5. The van der Waals surface area contributed by atoms with Gasteiger partial charge in [0.15, 0.2) is 5.76 Å². The number of carbonyl (C=O) groups is 2. The van der Waals surface area contributed by atoms with E-state index in [2.05, 4.69) is 17.6 Å². The Morgan fingerprint density at radius 3 is 2.55 bits per heavy atom. The lowest BCUT2D eigenvalue weighted by atomic mass is 10.2. The van der Waals surface area contributed by atoms with Crippen molar-refractivity contribution in [3.8, 4) is 0 Å². The maximum Gasteiger partial charge on any atom is 0.291 e. The highest BCUT2D eigenvalue weighted by Gasteiger charge is 2.38. The van der Waals surface area contributed by atoms with Crippen molar-refractivity contribution >= 4 is 17.5 Å². The quantitative estimate of drug-likeness (QED) is 0.891. The van der Waals surface area contributed by atoms with Gasteiger partial charge in [-0.05, 0) is 42.2 Å². The number of nitrogens with one attached hydrogen (secondary N) is 2. The predicted molar refractivity (Wildman–Crippen MR) is 82.2 cm³/mol. The molecule has 1 aliphatic rings. The third-order valence-corrected chi connectivity index (χ3v) is 3.87. The van der Waals surface area contributed by atoms with E-state index in [1.54, 1.807) is 12.1 Å². The van der Waals surface area contributed by atoms with Gasteiger partial charge in [-0.1, -0.05) is 19.1 Å². The van der Waals surface area contributed by atoms with Crippen LogP contribution in [0.3, 0.4) is 0 Å². The van der Waals surface area contributed by atoms with Crippen LogP contribution in [0.4, 0.5) is 5.69 Å². The van der Waals surface area contributed by atoms with Crippen molar-refractivity contribution < 1.29 is 14.0 Å². The lowest BCUT2D eigenvalue weighted by Crippen LogP contribution is -2.24. The van der Waals surface area contributed by atoms with Crippen molar-refractivity contribution in [2.75, 3.05) is 5.32 Å². The Morgan fingerprint density at radius 2 is 1.95 bits per heavy atom. The molecule has 0 spiro atoms. The molecule has 1 saturated carbocycles. The zero-order valence-corrected chi connectivity index (χ0v) is 12.3. The van der Waals surface area contributed by atoms with Gasteiger partial charge in [0.25, 0.3) is 5.91 Å². The molecule has 2 N–H and O–H groups in total. The summed E-state index contributed by atoms with van der Waals surface area (Å²) in [7, 11) is 0. The summed E-state index contributed by atoms with van der Waals surface area (Å²) in [6.07, 6.45) is 2.45. The molecule has 1 aromatic carbocycles. The first-order chi connectivity index (χ1) is 10.6.